The van der Waals surface area contributed by atoms with Crippen molar-refractivity contribution >= 4 is 11.9 Å². The van der Waals surface area contributed by atoms with E-state index in [0.29, 0.717) is 6.54 Å². The first-order valence-corrected chi connectivity index (χ1v) is 7.95. The standard InChI is InChI=1S/C19H22N2O3/c1-4-14-5-8-16(9-6-14)13(2)18(22)21-12-15-7-10-17(20-11-15)19(23)24-3/h5-11,13H,4,12H2,1-3H3,(H,21,22)/t13-/m1/s1. The molecule has 0 aliphatic heterocycles. The molecule has 2 rings (SSSR count). The summed E-state index contributed by atoms with van der Waals surface area (Å²) in [4.78, 5) is 27.6. The lowest BCUT2D eigenvalue weighted by molar-refractivity contribution is -0.122. The number of carbonyl (C=O) groups excluding carboxylic acids is 2. The Bertz CT molecular complexity index is 694. The van der Waals surface area contributed by atoms with E-state index in [1.165, 1.54) is 12.7 Å². The molecule has 0 spiro atoms. The number of ether oxygens (including phenoxy) is 1. The van der Waals surface area contributed by atoms with Crippen molar-refractivity contribution in [2.45, 2.75) is 32.7 Å². The monoisotopic (exact) mass is 326 g/mol. The van der Waals surface area contributed by atoms with Gasteiger partial charge in [0.25, 0.3) is 0 Å². The minimum Gasteiger partial charge on any atom is -0.464 e. The van der Waals surface area contributed by atoms with E-state index in [1.54, 1.807) is 18.3 Å². The predicted octanol–water partition coefficient (Wildman–Crippen LogP) is 2.85. The molecule has 0 saturated heterocycles. The van der Waals surface area contributed by atoms with Crippen LogP contribution < -0.4 is 5.32 Å². The van der Waals surface area contributed by atoms with Gasteiger partial charge in [-0.1, -0.05) is 37.3 Å². The highest BCUT2D eigenvalue weighted by molar-refractivity contribution is 5.87. The summed E-state index contributed by atoms with van der Waals surface area (Å²) in [5, 5.41) is 2.89. The number of esters is 1. The first kappa shape index (κ1) is 17.7. The highest BCUT2D eigenvalue weighted by Gasteiger charge is 2.15. The molecule has 0 unspecified atom stereocenters. The third-order valence-electron chi connectivity index (χ3n) is 3.97. The summed E-state index contributed by atoms with van der Waals surface area (Å²) < 4.78 is 4.60. The van der Waals surface area contributed by atoms with Crippen LogP contribution in [-0.2, 0) is 22.5 Å². The number of nitrogens with one attached hydrogen (secondary N) is 1. The molecule has 126 valence electrons. The SMILES string of the molecule is CCc1ccc([C@@H](C)C(=O)NCc2ccc(C(=O)OC)nc2)cc1. The van der Waals surface area contributed by atoms with Gasteiger partial charge in [0.2, 0.25) is 5.91 Å². The number of pyridine rings is 1. The molecular weight excluding hydrogens is 304 g/mol. The van der Waals surface area contributed by atoms with Gasteiger partial charge in [0.05, 0.1) is 13.0 Å². The number of methoxy groups -OCH3 is 1. The fourth-order valence-corrected chi connectivity index (χ4v) is 2.29. The molecule has 24 heavy (non-hydrogen) atoms. The fraction of sp³-hybridized carbons (Fsp3) is 0.316. The van der Waals surface area contributed by atoms with Crippen molar-refractivity contribution in [3.05, 3.63) is 65.0 Å². The number of aryl methyl sites for hydroxylation is 1. The molecule has 1 aromatic carbocycles. The second-order valence-electron chi connectivity index (χ2n) is 5.58. The molecule has 5 heteroatoms. The van der Waals surface area contributed by atoms with Crippen molar-refractivity contribution in [2.24, 2.45) is 0 Å². The van der Waals surface area contributed by atoms with Crippen LogP contribution >= 0.6 is 0 Å². The van der Waals surface area contributed by atoms with Crippen LogP contribution in [0.2, 0.25) is 0 Å². The largest absolute Gasteiger partial charge is 0.464 e. The van der Waals surface area contributed by atoms with Gasteiger partial charge in [0.15, 0.2) is 0 Å². The van der Waals surface area contributed by atoms with Crippen molar-refractivity contribution in [3.63, 3.8) is 0 Å². The lowest BCUT2D eigenvalue weighted by atomic mass is 9.98. The normalized spacial score (nSPS) is 11.6. The minimum absolute atomic E-state index is 0.0451. The Labute approximate surface area is 142 Å². The summed E-state index contributed by atoms with van der Waals surface area (Å²) in [7, 11) is 1.31. The molecule has 5 nitrogen and oxygen atoms in total. The molecular formula is C19H22N2O3. The lowest BCUT2D eigenvalue weighted by Crippen LogP contribution is -2.27. The average Bonchev–Trinajstić information content (AvgIpc) is 2.65. The van der Waals surface area contributed by atoms with Gasteiger partial charge in [0.1, 0.15) is 5.69 Å². The van der Waals surface area contributed by atoms with Crippen molar-refractivity contribution in [2.75, 3.05) is 7.11 Å². The van der Waals surface area contributed by atoms with Crippen LogP contribution in [0.5, 0.6) is 0 Å². The zero-order valence-electron chi connectivity index (χ0n) is 14.2. The van der Waals surface area contributed by atoms with E-state index in [1.807, 2.05) is 19.1 Å². The molecule has 0 saturated carbocycles. The summed E-state index contributed by atoms with van der Waals surface area (Å²) in [5.74, 6) is -0.746. The van der Waals surface area contributed by atoms with E-state index in [-0.39, 0.29) is 17.5 Å². The average molecular weight is 326 g/mol. The van der Waals surface area contributed by atoms with E-state index < -0.39 is 5.97 Å². The molecule has 0 aliphatic carbocycles. The van der Waals surface area contributed by atoms with Gasteiger partial charge in [-0.2, -0.15) is 0 Å². The maximum Gasteiger partial charge on any atom is 0.356 e. The van der Waals surface area contributed by atoms with Crippen molar-refractivity contribution < 1.29 is 14.3 Å². The smallest absolute Gasteiger partial charge is 0.356 e. The van der Waals surface area contributed by atoms with Crippen LogP contribution in [0.25, 0.3) is 0 Å². The first-order valence-electron chi connectivity index (χ1n) is 7.95. The molecule has 1 amide bonds. The Morgan fingerprint density at radius 1 is 1.12 bits per heavy atom. The van der Waals surface area contributed by atoms with E-state index in [4.69, 9.17) is 0 Å². The van der Waals surface area contributed by atoms with Crippen molar-refractivity contribution in [1.82, 2.24) is 10.3 Å². The van der Waals surface area contributed by atoms with Crippen LogP contribution in [0.15, 0.2) is 42.6 Å². The van der Waals surface area contributed by atoms with Crippen LogP contribution in [0.1, 0.15) is 46.9 Å². The Hall–Kier alpha value is -2.69. The number of nitrogens with zero attached hydrogens (tertiary/aromatic N) is 1. The molecule has 1 N–H and O–H groups in total. The molecule has 2 aromatic rings. The van der Waals surface area contributed by atoms with E-state index in [2.05, 4.69) is 34.1 Å². The summed E-state index contributed by atoms with van der Waals surface area (Å²) in [5.41, 5.74) is 3.31. The number of hydrogen-bond acceptors (Lipinski definition) is 4. The Kier molecular flexibility index (Phi) is 6.07. The molecule has 0 fully saturated rings. The quantitative estimate of drug-likeness (QED) is 0.829. The maximum atomic E-state index is 12.3. The topological polar surface area (TPSA) is 68.3 Å². The van der Waals surface area contributed by atoms with Crippen LogP contribution in [-0.4, -0.2) is 24.0 Å². The summed E-state index contributed by atoms with van der Waals surface area (Å²) >= 11 is 0. The molecule has 0 bridgehead atoms. The lowest BCUT2D eigenvalue weighted by Gasteiger charge is -2.13. The minimum atomic E-state index is -0.477. The van der Waals surface area contributed by atoms with Crippen molar-refractivity contribution in [1.29, 1.82) is 0 Å². The van der Waals surface area contributed by atoms with E-state index in [0.717, 1.165) is 17.5 Å². The maximum absolute atomic E-state index is 12.3. The van der Waals surface area contributed by atoms with Gasteiger partial charge in [-0.25, -0.2) is 9.78 Å². The molecule has 0 radical (unpaired) electrons. The van der Waals surface area contributed by atoms with Gasteiger partial charge in [-0.05, 0) is 36.1 Å². The summed E-state index contributed by atoms with van der Waals surface area (Å²) in [6, 6.07) is 11.4. The molecule has 1 atom stereocenters. The van der Waals surface area contributed by atoms with Gasteiger partial charge in [0, 0.05) is 12.7 Å². The fourth-order valence-electron chi connectivity index (χ4n) is 2.29. The first-order chi connectivity index (χ1) is 11.5. The second-order valence-corrected chi connectivity index (χ2v) is 5.58. The highest BCUT2D eigenvalue weighted by atomic mass is 16.5. The zero-order chi connectivity index (χ0) is 17.5. The summed E-state index contributed by atoms with van der Waals surface area (Å²) in [6.45, 7) is 4.35. The van der Waals surface area contributed by atoms with Gasteiger partial charge < -0.3 is 10.1 Å². The van der Waals surface area contributed by atoms with Gasteiger partial charge in [-0.3, -0.25) is 4.79 Å². The van der Waals surface area contributed by atoms with Crippen LogP contribution in [0.3, 0.4) is 0 Å². The number of rotatable bonds is 6. The Morgan fingerprint density at radius 2 is 1.79 bits per heavy atom. The van der Waals surface area contributed by atoms with Gasteiger partial charge in [-0.15, -0.1) is 0 Å². The highest BCUT2D eigenvalue weighted by Crippen LogP contribution is 2.16. The van der Waals surface area contributed by atoms with E-state index >= 15 is 0 Å². The number of amides is 1. The molecule has 0 aliphatic rings. The third-order valence-corrected chi connectivity index (χ3v) is 3.97. The second kappa shape index (κ2) is 8.24. The number of hydrogen-bond donors (Lipinski definition) is 1. The van der Waals surface area contributed by atoms with Crippen LogP contribution in [0, 0.1) is 0 Å². The van der Waals surface area contributed by atoms with Gasteiger partial charge >= 0.3 is 5.97 Å². The molecule has 1 aromatic heterocycles. The van der Waals surface area contributed by atoms with Crippen LogP contribution in [0.4, 0.5) is 0 Å². The summed E-state index contributed by atoms with van der Waals surface area (Å²) in [6.07, 6.45) is 2.54. The number of carbonyl (C=O) groups is 2. The number of benzene rings is 1. The van der Waals surface area contributed by atoms with E-state index in [9.17, 15) is 9.59 Å². The molecule has 1 heterocycles. The predicted molar refractivity (Wildman–Crippen MR) is 91.7 cm³/mol. The Morgan fingerprint density at radius 3 is 2.33 bits per heavy atom. The third kappa shape index (κ3) is 4.41. The Balaban J connectivity index is 1.93. The number of aromatic nitrogens is 1. The van der Waals surface area contributed by atoms with Crippen molar-refractivity contribution in [3.8, 4) is 0 Å². The zero-order valence-corrected chi connectivity index (χ0v) is 14.2.